The molecule has 2 fully saturated rings. The Morgan fingerprint density at radius 2 is 1.95 bits per heavy atom. The molecule has 0 spiro atoms. The molecule has 19 heavy (non-hydrogen) atoms. The zero-order chi connectivity index (χ0) is 13.7. The molecule has 2 rings (SSSR count). The van der Waals surface area contributed by atoms with Gasteiger partial charge in [-0.1, -0.05) is 0 Å². The van der Waals surface area contributed by atoms with Gasteiger partial charge in [-0.15, -0.1) is 0 Å². The van der Waals surface area contributed by atoms with Gasteiger partial charge in [0.2, 0.25) is 5.91 Å². The van der Waals surface area contributed by atoms with Crippen molar-refractivity contribution in [2.24, 2.45) is 0 Å². The van der Waals surface area contributed by atoms with Gasteiger partial charge in [-0.05, 0) is 44.9 Å². The van der Waals surface area contributed by atoms with Crippen LogP contribution >= 0.6 is 0 Å². The number of amides is 1. The summed E-state index contributed by atoms with van der Waals surface area (Å²) in [6.07, 6.45) is 7.01. The molecule has 0 saturated carbocycles. The second-order valence-electron chi connectivity index (χ2n) is 5.46. The van der Waals surface area contributed by atoms with Gasteiger partial charge in [-0.2, -0.15) is 0 Å². The first-order chi connectivity index (χ1) is 9.18. The minimum Gasteiger partial charge on any atom is -0.480 e. The van der Waals surface area contributed by atoms with E-state index in [0.29, 0.717) is 19.4 Å². The Kier molecular flexibility index (Phi) is 5.19. The van der Waals surface area contributed by atoms with Crippen LogP contribution in [0.4, 0.5) is 0 Å². The van der Waals surface area contributed by atoms with Crippen LogP contribution in [0.1, 0.15) is 51.4 Å². The number of hydrogen-bond donors (Lipinski definition) is 1. The largest absolute Gasteiger partial charge is 0.480 e. The summed E-state index contributed by atoms with van der Waals surface area (Å²) in [7, 11) is 0. The van der Waals surface area contributed by atoms with E-state index in [4.69, 9.17) is 9.84 Å². The van der Waals surface area contributed by atoms with E-state index in [9.17, 15) is 9.59 Å². The van der Waals surface area contributed by atoms with Crippen LogP contribution in [0, 0.1) is 0 Å². The molecule has 5 heteroatoms. The van der Waals surface area contributed by atoms with E-state index in [-0.39, 0.29) is 12.0 Å². The Morgan fingerprint density at radius 3 is 2.63 bits per heavy atom. The van der Waals surface area contributed by atoms with Gasteiger partial charge >= 0.3 is 5.97 Å². The lowest BCUT2D eigenvalue weighted by Crippen LogP contribution is -2.48. The summed E-state index contributed by atoms with van der Waals surface area (Å²) in [6.45, 7) is 1.38. The molecule has 2 atom stereocenters. The molecule has 0 aromatic carbocycles. The summed E-state index contributed by atoms with van der Waals surface area (Å²) in [5.74, 6) is -0.900. The van der Waals surface area contributed by atoms with Gasteiger partial charge in [0.1, 0.15) is 6.04 Å². The van der Waals surface area contributed by atoms with Crippen molar-refractivity contribution in [3.05, 3.63) is 0 Å². The third-order valence-electron chi connectivity index (χ3n) is 4.06. The van der Waals surface area contributed by atoms with E-state index < -0.39 is 12.0 Å². The number of carboxylic acid groups (broad SMARTS) is 1. The van der Waals surface area contributed by atoms with E-state index in [1.807, 2.05) is 0 Å². The third kappa shape index (κ3) is 3.93. The monoisotopic (exact) mass is 269 g/mol. The van der Waals surface area contributed by atoms with Crippen molar-refractivity contribution in [2.75, 3.05) is 13.2 Å². The van der Waals surface area contributed by atoms with Crippen LogP contribution in [-0.2, 0) is 14.3 Å². The highest BCUT2D eigenvalue weighted by atomic mass is 16.5. The molecule has 2 saturated heterocycles. The quantitative estimate of drug-likeness (QED) is 0.845. The first kappa shape index (κ1) is 14.3. The average molecular weight is 269 g/mol. The van der Waals surface area contributed by atoms with E-state index in [1.165, 1.54) is 6.42 Å². The van der Waals surface area contributed by atoms with Gasteiger partial charge in [0.05, 0.1) is 6.10 Å². The lowest BCUT2D eigenvalue weighted by Gasteiger charge is -2.33. The van der Waals surface area contributed by atoms with Crippen molar-refractivity contribution in [3.63, 3.8) is 0 Å². The van der Waals surface area contributed by atoms with Crippen molar-refractivity contribution in [1.29, 1.82) is 0 Å². The van der Waals surface area contributed by atoms with Crippen LogP contribution in [-0.4, -0.2) is 47.2 Å². The first-order valence-corrected chi connectivity index (χ1v) is 7.32. The van der Waals surface area contributed by atoms with Crippen LogP contribution in [0.15, 0.2) is 0 Å². The van der Waals surface area contributed by atoms with Gasteiger partial charge in [0.25, 0.3) is 0 Å². The first-order valence-electron chi connectivity index (χ1n) is 7.32. The number of carbonyl (C=O) groups is 2. The molecule has 2 heterocycles. The van der Waals surface area contributed by atoms with Crippen molar-refractivity contribution in [3.8, 4) is 0 Å². The van der Waals surface area contributed by atoms with Crippen LogP contribution in [0.3, 0.4) is 0 Å². The smallest absolute Gasteiger partial charge is 0.326 e. The maximum absolute atomic E-state index is 12.2. The highest BCUT2D eigenvalue weighted by molar-refractivity contribution is 5.83. The Hall–Kier alpha value is -1.10. The Labute approximate surface area is 113 Å². The highest BCUT2D eigenvalue weighted by Crippen LogP contribution is 2.21. The summed E-state index contributed by atoms with van der Waals surface area (Å²) in [4.78, 5) is 24.9. The standard InChI is InChI=1S/C14H23NO4/c16-13(8-7-11-5-2-4-10-19-11)15-9-3-1-6-12(15)14(17)18/h11-12H,1-10H2,(H,17,18)/t11?,12-/m1/s1. The molecule has 108 valence electrons. The van der Waals surface area contributed by atoms with Crippen LogP contribution in [0.25, 0.3) is 0 Å². The van der Waals surface area contributed by atoms with E-state index in [1.54, 1.807) is 4.90 Å². The lowest BCUT2D eigenvalue weighted by molar-refractivity contribution is -0.152. The molecule has 0 aromatic rings. The zero-order valence-electron chi connectivity index (χ0n) is 11.3. The highest BCUT2D eigenvalue weighted by Gasteiger charge is 2.31. The number of carboxylic acids is 1. The molecular weight excluding hydrogens is 246 g/mol. The molecule has 0 bridgehead atoms. The number of piperidine rings is 1. The number of nitrogens with zero attached hydrogens (tertiary/aromatic N) is 1. The average Bonchev–Trinajstić information content (AvgIpc) is 2.46. The zero-order valence-corrected chi connectivity index (χ0v) is 11.3. The van der Waals surface area contributed by atoms with Crippen LogP contribution in [0.5, 0.6) is 0 Å². The van der Waals surface area contributed by atoms with Gasteiger partial charge in [-0.3, -0.25) is 4.79 Å². The Bertz CT molecular complexity index is 325. The molecule has 2 aliphatic rings. The summed E-state index contributed by atoms with van der Waals surface area (Å²) in [5, 5.41) is 9.16. The van der Waals surface area contributed by atoms with E-state index in [0.717, 1.165) is 38.7 Å². The van der Waals surface area contributed by atoms with Crippen LogP contribution < -0.4 is 0 Å². The van der Waals surface area contributed by atoms with Crippen molar-refractivity contribution in [1.82, 2.24) is 4.90 Å². The maximum Gasteiger partial charge on any atom is 0.326 e. The molecule has 5 nitrogen and oxygen atoms in total. The predicted octanol–water partition coefficient (Wildman–Crippen LogP) is 1.80. The summed E-state index contributed by atoms with van der Waals surface area (Å²) >= 11 is 0. The number of ether oxygens (including phenoxy) is 1. The van der Waals surface area contributed by atoms with Crippen LogP contribution in [0.2, 0.25) is 0 Å². The molecule has 0 aliphatic carbocycles. The summed E-state index contributed by atoms with van der Waals surface area (Å²) in [6, 6.07) is -0.617. The number of likely N-dealkylation sites (tertiary alicyclic amines) is 1. The fraction of sp³-hybridized carbons (Fsp3) is 0.857. The SMILES string of the molecule is O=C(O)[C@H]1CCCCN1C(=O)CCC1CCCCO1. The number of carbonyl (C=O) groups excluding carboxylic acids is 1. The summed E-state index contributed by atoms with van der Waals surface area (Å²) < 4.78 is 5.60. The minimum absolute atomic E-state index is 0.0266. The Balaban J connectivity index is 1.81. The molecular formula is C14H23NO4. The predicted molar refractivity (Wildman–Crippen MR) is 69.8 cm³/mol. The lowest BCUT2D eigenvalue weighted by atomic mass is 10.00. The number of aliphatic carboxylic acids is 1. The van der Waals surface area contributed by atoms with Crippen molar-refractivity contribution >= 4 is 11.9 Å². The molecule has 1 N–H and O–H groups in total. The van der Waals surface area contributed by atoms with Crippen molar-refractivity contribution < 1.29 is 19.4 Å². The molecule has 0 aromatic heterocycles. The normalized spacial score (nSPS) is 28.1. The second kappa shape index (κ2) is 6.89. The molecule has 1 amide bonds. The van der Waals surface area contributed by atoms with Gasteiger partial charge in [-0.25, -0.2) is 4.79 Å². The minimum atomic E-state index is -0.873. The summed E-state index contributed by atoms with van der Waals surface area (Å²) in [5.41, 5.74) is 0. The molecule has 1 unspecified atom stereocenters. The second-order valence-corrected chi connectivity index (χ2v) is 5.46. The fourth-order valence-corrected chi connectivity index (χ4v) is 2.95. The fourth-order valence-electron chi connectivity index (χ4n) is 2.95. The van der Waals surface area contributed by atoms with Crippen molar-refractivity contribution in [2.45, 2.75) is 63.5 Å². The number of rotatable bonds is 4. The Morgan fingerprint density at radius 1 is 1.16 bits per heavy atom. The maximum atomic E-state index is 12.2. The van der Waals surface area contributed by atoms with E-state index in [2.05, 4.69) is 0 Å². The molecule has 0 radical (unpaired) electrons. The molecule has 2 aliphatic heterocycles. The topological polar surface area (TPSA) is 66.8 Å². The van der Waals surface area contributed by atoms with E-state index >= 15 is 0 Å². The van der Waals surface area contributed by atoms with Gasteiger partial charge in [0.15, 0.2) is 0 Å². The number of hydrogen-bond acceptors (Lipinski definition) is 3. The third-order valence-corrected chi connectivity index (χ3v) is 4.06. The van der Waals surface area contributed by atoms with Gasteiger partial charge in [0, 0.05) is 19.6 Å². The van der Waals surface area contributed by atoms with Gasteiger partial charge < -0.3 is 14.7 Å².